The second kappa shape index (κ2) is 6.26. The van der Waals surface area contributed by atoms with Crippen molar-refractivity contribution in [3.63, 3.8) is 0 Å². The first-order chi connectivity index (χ1) is 10.2. The number of nitrogens with one attached hydrogen (secondary N) is 1. The Bertz CT molecular complexity index is 521. The molecule has 0 radical (unpaired) electrons. The van der Waals surface area contributed by atoms with Crippen molar-refractivity contribution in [1.29, 1.82) is 0 Å². The topological polar surface area (TPSA) is 58.6 Å². The number of amides is 2. The Morgan fingerprint density at radius 1 is 1.29 bits per heavy atom. The molecule has 2 aliphatic rings. The van der Waals surface area contributed by atoms with E-state index in [1.54, 1.807) is 17.0 Å². The second-order valence-electron chi connectivity index (χ2n) is 5.54. The van der Waals surface area contributed by atoms with Crippen LogP contribution in [-0.4, -0.2) is 37.6 Å². The Balaban J connectivity index is 1.58. The van der Waals surface area contributed by atoms with Gasteiger partial charge in [-0.2, -0.15) is 0 Å². The van der Waals surface area contributed by atoms with Gasteiger partial charge in [0.1, 0.15) is 0 Å². The number of nitrogens with zero attached hydrogens (tertiary/aromatic N) is 1. The second-order valence-corrected chi connectivity index (χ2v) is 5.54. The Kier molecular flexibility index (Phi) is 4.20. The molecule has 2 aliphatic heterocycles. The van der Waals surface area contributed by atoms with E-state index in [2.05, 4.69) is 5.32 Å². The molecule has 1 N–H and O–H groups in total. The summed E-state index contributed by atoms with van der Waals surface area (Å²) in [5, 5.41) is 2.89. The summed E-state index contributed by atoms with van der Waals surface area (Å²) < 4.78 is 5.48. The third-order valence-corrected chi connectivity index (χ3v) is 4.03. The molecular formula is C16H20N2O3. The maximum atomic E-state index is 12.1. The molecule has 0 saturated carbocycles. The van der Waals surface area contributed by atoms with Gasteiger partial charge in [-0.05, 0) is 43.5 Å². The minimum Gasteiger partial charge on any atom is -0.376 e. The predicted octanol–water partition coefficient (Wildman–Crippen LogP) is 1.72. The molecule has 1 atom stereocenters. The van der Waals surface area contributed by atoms with Gasteiger partial charge < -0.3 is 15.0 Å². The van der Waals surface area contributed by atoms with Gasteiger partial charge in [-0.25, -0.2) is 0 Å². The van der Waals surface area contributed by atoms with Crippen molar-refractivity contribution in [2.75, 3.05) is 24.6 Å². The quantitative estimate of drug-likeness (QED) is 0.918. The fourth-order valence-electron chi connectivity index (χ4n) is 2.83. The number of benzene rings is 1. The van der Waals surface area contributed by atoms with Crippen molar-refractivity contribution in [2.24, 2.45) is 0 Å². The maximum absolute atomic E-state index is 12.1. The number of hydrogen-bond acceptors (Lipinski definition) is 3. The van der Waals surface area contributed by atoms with Gasteiger partial charge in [0.2, 0.25) is 5.91 Å². The van der Waals surface area contributed by atoms with Crippen molar-refractivity contribution >= 4 is 17.5 Å². The normalized spacial score (nSPS) is 21.8. The highest BCUT2D eigenvalue weighted by atomic mass is 16.5. The molecule has 1 aromatic carbocycles. The van der Waals surface area contributed by atoms with Gasteiger partial charge >= 0.3 is 0 Å². The van der Waals surface area contributed by atoms with E-state index in [1.807, 2.05) is 12.1 Å². The highest BCUT2D eigenvalue weighted by Gasteiger charge is 2.22. The lowest BCUT2D eigenvalue weighted by Crippen LogP contribution is -2.31. The van der Waals surface area contributed by atoms with E-state index in [0.29, 0.717) is 18.5 Å². The van der Waals surface area contributed by atoms with Crippen molar-refractivity contribution < 1.29 is 14.3 Å². The molecule has 1 unspecified atom stereocenters. The predicted molar refractivity (Wildman–Crippen MR) is 79.3 cm³/mol. The van der Waals surface area contributed by atoms with E-state index < -0.39 is 0 Å². The van der Waals surface area contributed by atoms with Gasteiger partial charge in [-0.1, -0.05) is 0 Å². The molecule has 0 spiro atoms. The van der Waals surface area contributed by atoms with Gasteiger partial charge in [-0.15, -0.1) is 0 Å². The Morgan fingerprint density at radius 2 is 2.10 bits per heavy atom. The Labute approximate surface area is 124 Å². The van der Waals surface area contributed by atoms with Crippen LogP contribution in [0.4, 0.5) is 5.69 Å². The van der Waals surface area contributed by atoms with Crippen molar-refractivity contribution in [1.82, 2.24) is 5.32 Å². The van der Waals surface area contributed by atoms with Gasteiger partial charge in [0, 0.05) is 37.4 Å². The third-order valence-electron chi connectivity index (χ3n) is 4.03. The molecule has 2 amide bonds. The molecule has 0 aromatic heterocycles. The van der Waals surface area contributed by atoms with Crippen LogP contribution in [0.5, 0.6) is 0 Å². The number of carbonyl (C=O) groups is 2. The largest absolute Gasteiger partial charge is 0.376 e. The molecule has 0 aliphatic carbocycles. The first-order valence-electron chi connectivity index (χ1n) is 7.54. The lowest BCUT2D eigenvalue weighted by molar-refractivity contribution is -0.117. The van der Waals surface area contributed by atoms with Crippen molar-refractivity contribution in [3.05, 3.63) is 29.8 Å². The summed E-state index contributed by atoms with van der Waals surface area (Å²) in [5.41, 5.74) is 1.48. The average Bonchev–Trinajstić information content (AvgIpc) is 3.16. The van der Waals surface area contributed by atoms with E-state index in [-0.39, 0.29) is 17.9 Å². The SMILES string of the molecule is O=C(NCC1CCCO1)c1ccc(N2CCCC2=O)cc1. The van der Waals surface area contributed by atoms with E-state index >= 15 is 0 Å². The van der Waals surface area contributed by atoms with Crippen LogP contribution in [-0.2, 0) is 9.53 Å². The van der Waals surface area contributed by atoms with Gasteiger partial charge in [0.25, 0.3) is 5.91 Å². The van der Waals surface area contributed by atoms with E-state index in [1.165, 1.54) is 0 Å². The lowest BCUT2D eigenvalue weighted by atomic mass is 10.1. The van der Waals surface area contributed by atoms with Crippen LogP contribution in [0, 0.1) is 0 Å². The third kappa shape index (κ3) is 3.24. The summed E-state index contributed by atoms with van der Waals surface area (Å²) in [6.07, 6.45) is 3.75. The summed E-state index contributed by atoms with van der Waals surface area (Å²) in [5.74, 6) is 0.0652. The number of carbonyl (C=O) groups excluding carboxylic acids is 2. The molecule has 2 fully saturated rings. The van der Waals surface area contributed by atoms with E-state index in [4.69, 9.17) is 4.74 Å². The Hall–Kier alpha value is -1.88. The standard InChI is InChI=1S/C16H20N2O3/c19-15-4-1-9-18(15)13-7-5-12(6-8-13)16(20)17-11-14-3-2-10-21-14/h5-8,14H,1-4,9-11H2,(H,17,20). The summed E-state index contributed by atoms with van der Waals surface area (Å²) in [6, 6.07) is 7.21. The van der Waals surface area contributed by atoms with Gasteiger partial charge in [0.15, 0.2) is 0 Å². The summed E-state index contributed by atoms with van der Waals surface area (Å²) in [7, 11) is 0. The monoisotopic (exact) mass is 288 g/mol. The molecule has 0 bridgehead atoms. The minimum atomic E-state index is -0.0928. The van der Waals surface area contributed by atoms with Gasteiger partial charge in [0.05, 0.1) is 6.10 Å². The lowest BCUT2D eigenvalue weighted by Gasteiger charge is -2.16. The summed E-state index contributed by atoms with van der Waals surface area (Å²) >= 11 is 0. The number of rotatable bonds is 4. The minimum absolute atomic E-state index is 0.0928. The first kappa shape index (κ1) is 14.1. The van der Waals surface area contributed by atoms with Crippen LogP contribution in [0.25, 0.3) is 0 Å². The summed E-state index contributed by atoms with van der Waals surface area (Å²) in [6.45, 7) is 2.12. The average molecular weight is 288 g/mol. The molecule has 21 heavy (non-hydrogen) atoms. The van der Waals surface area contributed by atoms with Crippen LogP contribution in [0.15, 0.2) is 24.3 Å². The van der Waals surface area contributed by atoms with Crippen molar-refractivity contribution in [2.45, 2.75) is 31.8 Å². The van der Waals surface area contributed by atoms with Crippen molar-refractivity contribution in [3.8, 4) is 0 Å². The molecule has 3 rings (SSSR count). The highest BCUT2D eigenvalue weighted by Crippen LogP contribution is 2.21. The van der Waals surface area contributed by atoms with Gasteiger partial charge in [-0.3, -0.25) is 9.59 Å². The van der Waals surface area contributed by atoms with E-state index in [0.717, 1.165) is 38.1 Å². The highest BCUT2D eigenvalue weighted by molar-refractivity contribution is 5.97. The van der Waals surface area contributed by atoms with Crippen LogP contribution in [0.2, 0.25) is 0 Å². The zero-order valence-electron chi connectivity index (χ0n) is 12.0. The fraction of sp³-hybridized carbons (Fsp3) is 0.500. The first-order valence-corrected chi connectivity index (χ1v) is 7.54. The summed E-state index contributed by atoms with van der Waals surface area (Å²) in [4.78, 5) is 25.5. The number of anilines is 1. The Morgan fingerprint density at radius 3 is 2.71 bits per heavy atom. The molecule has 2 heterocycles. The van der Waals surface area contributed by atoms with Crippen LogP contribution in [0.1, 0.15) is 36.0 Å². The van der Waals surface area contributed by atoms with E-state index in [9.17, 15) is 9.59 Å². The maximum Gasteiger partial charge on any atom is 0.251 e. The zero-order valence-corrected chi connectivity index (χ0v) is 12.0. The van der Waals surface area contributed by atoms with Crippen LogP contribution < -0.4 is 10.2 Å². The molecule has 1 aromatic rings. The van der Waals surface area contributed by atoms with Crippen LogP contribution >= 0.6 is 0 Å². The number of hydrogen-bond donors (Lipinski definition) is 1. The molecule has 5 nitrogen and oxygen atoms in total. The molecule has 5 heteroatoms. The van der Waals surface area contributed by atoms with Crippen LogP contribution in [0.3, 0.4) is 0 Å². The molecule has 112 valence electrons. The molecular weight excluding hydrogens is 268 g/mol. The fourth-order valence-corrected chi connectivity index (χ4v) is 2.83. The smallest absolute Gasteiger partial charge is 0.251 e. The number of ether oxygens (including phenoxy) is 1. The molecule has 2 saturated heterocycles. The zero-order chi connectivity index (χ0) is 14.7.